The van der Waals surface area contributed by atoms with E-state index in [0.29, 0.717) is 40.8 Å². The lowest BCUT2D eigenvalue weighted by Crippen LogP contribution is -2.35. The van der Waals surface area contributed by atoms with Crippen molar-refractivity contribution in [3.8, 4) is 11.7 Å². The van der Waals surface area contributed by atoms with Crippen LogP contribution in [0.25, 0.3) is 11.7 Å². The second kappa shape index (κ2) is 5.55. The summed E-state index contributed by atoms with van der Waals surface area (Å²) < 4.78 is 11.8. The van der Waals surface area contributed by atoms with Crippen LogP contribution in [0.2, 0.25) is 0 Å². The zero-order chi connectivity index (χ0) is 14.2. The highest BCUT2D eigenvalue weighted by Gasteiger charge is 2.29. The van der Waals surface area contributed by atoms with Crippen molar-refractivity contribution in [2.24, 2.45) is 0 Å². The Hall–Kier alpha value is -1.18. The summed E-state index contributed by atoms with van der Waals surface area (Å²) in [5.41, 5.74) is 0. The number of nitrogens with zero attached hydrogens (tertiary/aromatic N) is 3. The zero-order valence-corrected chi connectivity index (χ0v) is 13.2. The maximum Gasteiger partial charge on any atom is 0.283 e. The van der Waals surface area contributed by atoms with Gasteiger partial charge in [-0.3, -0.25) is 4.90 Å². The first-order valence-electron chi connectivity index (χ1n) is 7.33. The fourth-order valence-corrected chi connectivity index (χ4v) is 3.50. The number of fused-ring (bicyclic) bond motifs is 2. The molecule has 0 saturated carbocycles. The van der Waals surface area contributed by atoms with Crippen molar-refractivity contribution in [2.75, 3.05) is 13.1 Å². The summed E-state index contributed by atoms with van der Waals surface area (Å²) in [7, 11) is 0. The average molecular weight is 353 g/mol. The molecule has 2 aliphatic heterocycles. The summed E-state index contributed by atoms with van der Waals surface area (Å²) in [5, 5.41) is 11.9. The number of likely N-dealkylation sites (tertiary alicyclic amines) is 1. The molecule has 7 heteroatoms. The third kappa shape index (κ3) is 2.90. The van der Waals surface area contributed by atoms with Crippen LogP contribution in [0.5, 0.6) is 0 Å². The Labute approximate surface area is 131 Å². The van der Waals surface area contributed by atoms with Gasteiger partial charge in [-0.15, -0.1) is 10.2 Å². The van der Waals surface area contributed by atoms with Crippen LogP contribution >= 0.6 is 15.9 Å². The molecule has 2 fully saturated rings. The highest BCUT2D eigenvalue weighted by atomic mass is 79.9. The van der Waals surface area contributed by atoms with Crippen LogP contribution < -0.4 is 5.32 Å². The molecule has 4 heterocycles. The first-order chi connectivity index (χ1) is 10.3. The molecule has 21 heavy (non-hydrogen) atoms. The van der Waals surface area contributed by atoms with Crippen LogP contribution in [0.3, 0.4) is 0 Å². The van der Waals surface area contributed by atoms with E-state index in [1.807, 2.05) is 12.1 Å². The molecule has 2 aromatic heterocycles. The minimum Gasteiger partial charge on any atom is -0.444 e. The topological polar surface area (TPSA) is 67.3 Å². The summed E-state index contributed by atoms with van der Waals surface area (Å²) in [6.07, 6.45) is 3.79. The van der Waals surface area contributed by atoms with Crippen molar-refractivity contribution in [2.45, 2.75) is 37.9 Å². The van der Waals surface area contributed by atoms with Gasteiger partial charge in [0.1, 0.15) is 0 Å². The SMILES string of the molecule is Brc1ccc(-c2nnc(CN3CCC4CCC(C3)N4)o2)o1. The van der Waals surface area contributed by atoms with Crippen LogP contribution in [0, 0.1) is 0 Å². The number of rotatable bonds is 3. The maximum atomic E-state index is 5.71. The van der Waals surface area contributed by atoms with E-state index in [-0.39, 0.29) is 0 Å². The first-order valence-corrected chi connectivity index (χ1v) is 8.12. The Morgan fingerprint density at radius 1 is 1.19 bits per heavy atom. The second-order valence-electron chi connectivity index (χ2n) is 5.77. The normalized spacial score (nSPS) is 26.1. The Bertz CT molecular complexity index is 626. The van der Waals surface area contributed by atoms with Gasteiger partial charge in [-0.25, -0.2) is 0 Å². The number of aromatic nitrogens is 2. The molecule has 2 aliphatic rings. The van der Waals surface area contributed by atoms with Gasteiger partial charge in [-0.2, -0.15) is 0 Å². The van der Waals surface area contributed by atoms with E-state index in [0.717, 1.165) is 13.1 Å². The molecule has 2 atom stereocenters. The van der Waals surface area contributed by atoms with Gasteiger partial charge in [0.25, 0.3) is 5.89 Å². The largest absolute Gasteiger partial charge is 0.444 e. The number of furan rings is 1. The van der Waals surface area contributed by atoms with Crippen molar-refractivity contribution in [1.82, 2.24) is 20.4 Å². The molecule has 1 N–H and O–H groups in total. The summed E-state index contributed by atoms with van der Waals surface area (Å²) >= 11 is 3.27. The lowest BCUT2D eigenvalue weighted by Gasteiger charge is -2.21. The average Bonchev–Trinajstić information content (AvgIpc) is 3.13. The van der Waals surface area contributed by atoms with Gasteiger partial charge in [0, 0.05) is 25.2 Å². The molecular weight excluding hydrogens is 336 g/mol. The van der Waals surface area contributed by atoms with E-state index in [2.05, 4.69) is 36.3 Å². The van der Waals surface area contributed by atoms with Crippen molar-refractivity contribution in [3.63, 3.8) is 0 Å². The molecule has 2 bridgehead atoms. The zero-order valence-electron chi connectivity index (χ0n) is 11.6. The molecule has 2 unspecified atom stereocenters. The molecule has 0 aromatic carbocycles. The highest BCUT2D eigenvalue weighted by Crippen LogP contribution is 2.25. The molecule has 0 spiro atoms. The Morgan fingerprint density at radius 2 is 2.10 bits per heavy atom. The molecule has 2 aromatic rings. The molecule has 0 aliphatic carbocycles. The van der Waals surface area contributed by atoms with Gasteiger partial charge >= 0.3 is 0 Å². The third-order valence-electron chi connectivity index (χ3n) is 4.22. The Morgan fingerprint density at radius 3 is 2.95 bits per heavy atom. The predicted octanol–water partition coefficient (Wildman–Crippen LogP) is 2.42. The third-order valence-corrected chi connectivity index (χ3v) is 4.64. The number of nitrogens with one attached hydrogen (secondary N) is 1. The van der Waals surface area contributed by atoms with Crippen molar-refractivity contribution >= 4 is 15.9 Å². The van der Waals surface area contributed by atoms with E-state index >= 15 is 0 Å². The van der Waals surface area contributed by atoms with Gasteiger partial charge in [0.2, 0.25) is 5.89 Å². The Kier molecular flexibility index (Phi) is 3.56. The van der Waals surface area contributed by atoms with Crippen LogP contribution in [-0.4, -0.2) is 40.3 Å². The van der Waals surface area contributed by atoms with E-state index in [1.165, 1.54) is 19.3 Å². The molecule has 0 amide bonds. The maximum absolute atomic E-state index is 5.71. The van der Waals surface area contributed by atoms with Gasteiger partial charge < -0.3 is 14.2 Å². The fourth-order valence-electron chi connectivity index (χ4n) is 3.20. The standard InChI is InChI=1S/C14H17BrN4O2/c15-12-4-3-11(20-12)14-18-17-13(21-14)8-19-6-5-9-1-2-10(7-19)16-9/h3-4,9-10,16H,1-2,5-8H2. The highest BCUT2D eigenvalue weighted by molar-refractivity contribution is 9.10. The summed E-state index contributed by atoms with van der Waals surface area (Å²) in [6.45, 7) is 2.85. The van der Waals surface area contributed by atoms with Crippen LogP contribution in [-0.2, 0) is 6.54 Å². The minimum atomic E-state index is 0.435. The van der Waals surface area contributed by atoms with E-state index in [9.17, 15) is 0 Å². The smallest absolute Gasteiger partial charge is 0.283 e. The van der Waals surface area contributed by atoms with Crippen molar-refractivity contribution in [3.05, 3.63) is 22.7 Å². The number of hydrogen-bond donors (Lipinski definition) is 1. The monoisotopic (exact) mass is 352 g/mol. The molecule has 112 valence electrons. The second-order valence-corrected chi connectivity index (χ2v) is 6.55. The lowest BCUT2D eigenvalue weighted by molar-refractivity contribution is 0.228. The first kappa shape index (κ1) is 13.5. The van der Waals surface area contributed by atoms with Crippen LogP contribution in [0.4, 0.5) is 0 Å². The fraction of sp³-hybridized carbons (Fsp3) is 0.571. The van der Waals surface area contributed by atoms with Crippen LogP contribution in [0.15, 0.2) is 25.6 Å². The van der Waals surface area contributed by atoms with Crippen molar-refractivity contribution in [1.29, 1.82) is 0 Å². The van der Waals surface area contributed by atoms with Gasteiger partial charge in [0.05, 0.1) is 6.54 Å². The van der Waals surface area contributed by atoms with E-state index < -0.39 is 0 Å². The molecule has 0 radical (unpaired) electrons. The van der Waals surface area contributed by atoms with Gasteiger partial charge in [-0.1, -0.05) is 0 Å². The number of hydrogen-bond acceptors (Lipinski definition) is 6. The summed E-state index contributed by atoms with van der Waals surface area (Å²) in [4.78, 5) is 2.40. The van der Waals surface area contributed by atoms with Crippen LogP contribution in [0.1, 0.15) is 25.2 Å². The van der Waals surface area contributed by atoms with Gasteiger partial charge in [0.15, 0.2) is 10.4 Å². The molecular formula is C14H17BrN4O2. The molecule has 4 rings (SSSR count). The predicted molar refractivity (Wildman–Crippen MR) is 79.5 cm³/mol. The lowest BCUT2D eigenvalue weighted by atomic mass is 10.1. The summed E-state index contributed by atoms with van der Waals surface area (Å²) in [5.74, 6) is 1.68. The summed E-state index contributed by atoms with van der Waals surface area (Å²) in [6, 6.07) is 4.94. The van der Waals surface area contributed by atoms with Crippen molar-refractivity contribution < 1.29 is 8.83 Å². The number of halogens is 1. The Balaban J connectivity index is 1.44. The quantitative estimate of drug-likeness (QED) is 0.914. The van der Waals surface area contributed by atoms with E-state index in [4.69, 9.17) is 8.83 Å². The molecule has 6 nitrogen and oxygen atoms in total. The molecule has 2 saturated heterocycles. The van der Waals surface area contributed by atoms with Gasteiger partial charge in [-0.05, 0) is 47.3 Å². The van der Waals surface area contributed by atoms with E-state index in [1.54, 1.807) is 0 Å². The minimum absolute atomic E-state index is 0.435.